The molecule has 0 saturated heterocycles. The SMILES string of the molecule is COc1ccc2nc(NCC(F)(F)C(F)F)sc2c1. The number of nitrogens with zero attached hydrogens (tertiary/aromatic N) is 1. The Morgan fingerprint density at radius 3 is 2.79 bits per heavy atom. The molecular weight excluding hydrogens is 284 g/mol. The molecule has 0 atom stereocenters. The highest BCUT2D eigenvalue weighted by Gasteiger charge is 2.40. The van der Waals surface area contributed by atoms with Crippen LogP contribution in [0, 0.1) is 0 Å². The molecule has 0 fully saturated rings. The van der Waals surface area contributed by atoms with Crippen molar-refractivity contribution in [1.82, 2.24) is 4.98 Å². The third-order valence-corrected chi connectivity index (χ3v) is 3.37. The number of benzene rings is 1. The van der Waals surface area contributed by atoms with Gasteiger partial charge in [0.25, 0.3) is 0 Å². The molecule has 0 saturated carbocycles. The van der Waals surface area contributed by atoms with E-state index in [1.165, 1.54) is 7.11 Å². The predicted molar refractivity (Wildman–Crippen MR) is 65.6 cm³/mol. The summed E-state index contributed by atoms with van der Waals surface area (Å²) >= 11 is 1.10. The molecule has 19 heavy (non-hydrogen) atoms. The Hall–Kier alpha value is -1.57. The van der Waals surface area contributed by atoms with Gasteiger partial charge in [0, 0.05) is 0 Å². The number of hydrogen-bond donors (Lipinski definition) is 1. The highest BCUT2D eigenvalue weighted by Crippen LogP contribution is 2.30. The van der Waals surface area contributed by atoms with E-state index in [1.807, 2.05) is 0 Å². The molecular formula is C11H10F4N2OS. The highest BCUT2D eigenvalue weighted by molar-refractivity contribution is 7.22. The Morgan fingerprint density at radius 1 is 1.42 bits per heavy atom. The lowest BCUT2D eigenvalue weighted by Gasteiger charge is -2.14. The number of hydrogen-bond acceptors (Lipinski definition) is 4. The van der Waals surface area contributed by atoms with Crippen LogP contribution >= 0.6 is 11.3 Å². The zero-order valence-electron chi connectivity index (χ0n) is 9.79. The summed E-state index contributed by atoms with van der Waals surface area (Å²) in [5, 5.41) is 2.40. The standard InChI is InChI=1S/C11H10F4N2OS/c1-18-6-2-3-7-8(4-6)19-10(17-7)16-5-11(14,15)9(12)13/h2-4,9H,5H2,1H3,(H,16,17). The second-order valence-electron chi connectivity index (χ2n) is 3.77. The second-order valence-corrected chi connectivity index (χ2v) is 4.80. The molecule has 2 aromatic rings. The number of aromatic nitrogens is 1. The Balaban J connectivity index is 2.14. The maximum atomic E-state index is 12.8. The van der Waals surface area contributed by atoms with Crippen LogP contribution in [0.3, 0.4) is 0 Å². The van der Waals surface area contributed by atoms with E-state index in [9.17, 15) is 17.6 Å². The average Bonchev–Trinajstić information content (AvgIpc) is 2.77. The van der Waals surface area contributed by atoms with Crippen LogP contribution in [-0.2, 0) is 0 Å². The van der Waals surface area contributed by atoms with Gasteiger partial charge >= 0.3 is 12.3 Å². The van der Waals surface area contributed by atoms with E-state index in [0.717, 1.165) is 16.0 Å². The summed E-state index contributed by atoms with van der Waals surface area (Å²) in [4.78, 5) is 4.02. The van der Waals surface area contributed by atoms with Crippen molar-refractivity contribution in [2.75, 3.05) is 19.0 Å². The molecule has 0 aliphatic rings. The quantitative estimate of drug-likeness (QED) is 0.855. The van der Waals surface area contributed by atoms with Crippen LogP contribution in [0.5, 0.6) is 5.75 Å². The first-order chi connectivity index (χ1) is 8.92. The largest absolute Gasteiger partial charge is 0.497 e. The number of methoxy groups -OCH3 is 1. The lowest BCUT2D eigenvalue weighted by Crippen LogP contribution is -2.34. The average molecular weight is 294 g/mol. The van der Waals surface area contributed by atoms with E-state index in [2.05, 4.69) is 10.3 Å². The van der Waals surface area contributed by atoms with Crippen molar-refractivity contribution in [1.29, 1.82) is 0 Å². The molecule has 0 amide bonds. The van der Waals surface area contributed by atoms with E-state index in [1.54, 1.807) is 18.2 Å². The second kappa shape index (κ2) is 5.20. The number of rotatable bonds is 5. The highest BCUT2D eigenvalue weighted by atomic mass is 32.1. The van der Waals surface area contributed by atoms with Crippen LogP contribution in [0.25, 0.3) is 10.2 Å². The first-order valence-corrected chi connectivity index (χ1v) is 6.08. The van der Waals surface area contributed by atoms with Crippen LogP contribution < -0.4 is 10.1 Å². The van der Waals surface area contributed by atoms with Crippen molar-refractivity contribution in [2.24, 2.45) is 0 Å². The Kier molecular flexibility index (Phi) is 3.79. The van der Waals surface area contributed by atoms with Crippen molar-refractivity contribution >= 4 is 26.7 Å². The number of ether oxygens (including phenoxy) is 1. The molecule has 1 N–H and O–H groups in total. The van der Waals surface area contributed by atoms with Crippen LogP contribution in [-0.4, -0.2) is 31.0 Å². The molecule has 8 heteroatoms. The number of anilines is 1. The predicted octanol–water partition coefficient (Wildman–Crippen LogP) is 3.62. The van der Waals surface area contributed by atoms with Gasteiger partial charge in [0.15, 0.2) is 5.13 Å². The number of nitrogens with one attached hydrogen (secondary N) is 1. The van der Waals surface area contributed by atoms with Crippen LogP contribution in [0.1, 0.15) is 0 Å². The molecule has 3 nitrogen and oxygen atoms in total. The lowest BCUT2D eigenvalue weighted by molar-refractivity contribution is -0.117. The van der Waals surface area contributed by atoms with E-state index in [4.69, 9.17) is 4.74 Å². The third kappa shape index (κ3) is 3.06. The van der Waals surface area contributed by atoms with Crippen LogP contribution in [0.2, 0.25) is 0 Å². The molecule has 104 valence electrons. The topological polar surface area (TPSA) is 34.1 Å². The number of thiazole rings is 1. The molecule has 0 radical (unpaired) electrons. The maximum absolute atomic E-state index is 12.8. The van der Waals surface area contributed by atoms with Gasteiger partial charge in [0.2, 0.25) is 0 Å². The number of halogens is 4. The fraction of sp³-hybridized carbons (Fsp3) is 0.364. The molecule has 1 aromatic carbocycles. The van der Waals surface area contributed by atoms with Gasteiger partial charge < -0.3 is 10.1 Å². The molecule has 2 rings (SSSR count). The minimum Gasteiger partial charge on any atom is -0.497 e. The first-order valence-electron chi connectivity index (χ1n) is 5.27. The van der Waals surface area contributed by atoms with Crippen molar-refractivity contribution in [3.8, 4) is 5.75 Å². The molecule has 0 bridgehead atoms. The van der Waals surface area contributed by atoms with Gasteiger partial charge in [-0.2, -0.15) is 8.78 Å². The Morgan fingerprint density at radius 2 is 2.16 bits per heavy atom. The van der Waals surface area contributed by atoms with Gasteiger partial charge in [0.1, 0.15) is 5.75 Å². The smallest absolute Gasteiger partial charge is 0.324 e. The monoisotopic (exact) mass is 294 g/mol. The van der Waals surface area contributed by atoms with Crippen LogP contribution in [0.15, 0.2) is 18.2 Å². The van der Waals surface area contributed by atoms with Gasteiger partial charge in [-0.15, -0.1) is 0 Å². The third-order valence-electron chi connectivity index (χ3n) is 2.39. The number of fused-ring (bicyclic) bond motifs is 1. The molecule has 0 unspecified atom stereocenters. The maximum Gasteiger partial charge on any atom is 0.324 e. The Bertz CT molecular complexity index is 573. The fourth-order valence-electron chi connectivity index (χ4n) is 1.38. The first kappa shape index (κ1) is 13.9. The van der Waals surface area contributed by atoms with Crippen molar-refractivity contribution in [3.63, 3.8) is 0 Å². The fourth-order valence-corrected chi connectivity index (χ4v) is 2.27. The van der Waals surface area contributed by atoms with E-state index >= 15 is 0 Å². The minimum absolute atomic E-state index is 0.170. The zero-order valence-corrected chi connectivity index (χ0v) is 10.6. The summed E-state index contributed by atoms with van der Waals surface area (Å²) in [7, 11) is 1.50. The number of alkyl halides is 4. The molecule has 1 aromatic heterocycles. The summed E-state index contributed by atoms with van der Waals surface area (Å²) in [6.07, 6.45) is -3.70. The molecule has 0 aliphatic carbocycles. The molecule has 0 spiro atoms. The van der Waals surface area contributed by atoms with Gasteiger partial charge in [-0.05, 0) is 18.2 Å². The summed E-state index contributed by atoms with van der Waals surface area (Å²) in [5.74, 6) is -3.46. The van der Waals surface area contributed by atoms with Crippen molar-refractivity contribution in [2.45, 2.75) is 12.3 Å². The molecule has 0 aliphatic heterocycles. The summed E-state index contributed by atoms with van der Waals surface area (Å²) in [5.41, 5.74) is 0.591. The van der Waals surface area contributed by atoms with Crippen molar-refractivity contribution < 1.29 is 22.3 Å². The summed E-state index contributed by atoms with van der Waals surface area (Å²) in [6, 6.07) is 5.05. The van der Waals surface area contributed by atoms with Crippen molar-refractivity contribution in [3.05, 3.63) is 18.2 Å². The van der Waals surface area contributed by atoms with Gasteiger partial charge in [0.05, 0.1) is 23.9 Å². The lowest BCUT2D eigenvalue weighted by atomic mass is 10.3. The van der Waals surface area contributed by atoms with Gasteiger partial charge in [-0.3, -0.25) is 0 Å². The van der Waals surface area contributed by atoms with Gasteiger partial charge in [-0.25, -0.2) is 13.8 Å². The Labute approximate surface area is 110 Å². The summed E-state index contributed by atoms with van der Waals surface area (Å²) in [6.45, 7) is -1.15. The normalized spacial score (nSPS) is 12.1. The molecule has 1 heterocycles. The minimum atomic E-state index is -4.07. The zero-order chi connectivity index (χ0) is 14.0. The van der Waals surface area contributed by atoms with E-state index in [-0.39, 0.29) is 5.13 Å². The summed E-state index contributed by atoms with van der Waals surface area (Å²) < 4.78 is 55.2. The van der Waals surface area contributed by atoms with E-state index in [0.29, 0.717) is 11.3 Å². The van der Waals surface area contributed by atoms with Crippen LogP contribution in [0.4, 0.5) is 22.7 Å². The van der Waals surface area contributed by atoms with Gasteiger partial charge in [-0.1, -0.05) is 11.3 Å². The van der Waals surface area contributed by atoms with E-state index < -0.39 is 18.9 Å².